The summed E-state index contributed by atoms with van der Waals surface area (Å²) in [6, 6.07) is 59.7. The zero-order chi connectivity index (χ0) is 33.0. The summed E-state index contributed by atoms with van der Waals surface area (Å²) < 4.78 is 4.82. The molecule has 0 aliphatic rings. The fraction of sp³-hybridized carbons (Fsp3) is 0. The molecular formula is C45H28N4S. The number of aromatic nitrogens is 4. The summed E-state index contributed by atoms with van der Waals surface area (Å²) in [6.45, 7) is 0. The summed E-state index contributed by atoms with van der Waals surface area (Å²) in [5, 5.41) is 4.87. The largest absolute Gasteiger partial charge is 0.309 e. The first-order chi connectivity index (χ1) is 24.8. The van der Waals surface area contributed by atoms with E-state index in [1.165, 1.54) is 31.1 Å². The standard InChI is InChI=1S/C45H28N4S/c1-3-11-29(12-4-1)30-19-21-31(22-20-30)43-46-44(48-45(47-43)33-23-25-37-36-16-8-10-18-41(36)50-42(37)28-33)32-24-26-40-38(27-32)35-15-7-9-17-39(35)49(40)34-13-5-2-6-14-34/h1-28H. The van der Waals surface area contributed by atoms with Gasteiger partial charge in [-0.05, 0) is 59.7 Å². The maximum Gasteiger partial charge on any atom is 0.164 e. The van der Waals surface area contributed by atoms with Crippen molar-refractivity contribution in [2.75, 3.05) is 0 Å². The van der Waals surface area contributed by atoms with E-state index >= 15 is 0 Å². The zero-order valence-electron chi connectivity index (χ0n) is 26.9. The molecule has 3 aromatic heterocycles. The van der Waals surface area contributed by atoms with E-state index in [0.717, 1.165) is 44.4 Å². The molecule has 5 heteroatoms. The highest BCUT2D eigenvalue weighted by atomic mass is 32.1. The van der Waals surface area contributed by atoms with Crippen LogP contribution < -0.4 is 0 Å². The van der Waals surface area contributed by atoms with Crippen LogP contribution in [0.2, 0.25) is 0 Å². The van der Waals surface area contributed by atoms with Gasteiger partial charge < -0.3 is 4.57 Å². The molecule has 0 bridgehead atoms. The number of benzene rings is 7. The van der Waals surface area contributed by atoms with Crippen LogP contribution in [-0.4, -0.2) is 19.5 Å². The van der Waals surface area contributed by atoms with Gasteiger partial charge in [0.15, 0.2) is 17.5 Å². The molecule has 0 saturated heterocycles. The summed E-state index contributed by atoms with van der Waals surface area (Å²) in [5.74, 6) is 1.95. The Bertz CT molecular complexity index is 2850. The molecule has 0 spiro atoms. The second kappa shape index (κ2) is 11.6. The number of hydrogen-bond acceptors (Lipinski definition) is 4. The first-order valence-electron chi connectivity index (χ1n) is 16.7. The molecule has 7 aromatic carbocycles. The Balaban J connectivity index is 1.16. The quantitative estimate of drug-likeness (QED) is 0.185. The second-order valence-electron chi connectivity index (χ2n) is 12.5. The van der Waals surface area contributed by atoms with E-state index in [2.05, 4.69) is 168 Å². The van der Waals surface area contributed by atoms with Crippen molar-refractivity contribution in [2.24, 2.45) is 0 Å². The predicted molar refractivity (Wildman–Crippen MR) is 209 cm³/mol. The summed E-state index contributed by atoms with van der Waals surface area (Å²) in [4.78, 5) is 15.4. The van der Waals surface area contributed by atoms with Crippen molar-refractivity contribution in [1.82, 2.24) is 19.5 Å². The molecule has 0 radical (unpaired) electrons. The molecule has 0 atom stereocenters. The Labute approximate surface area is 292 Å². The molecule has 0 fully saturated rings. The van der Waals surface area contributed by atoms with Gasteiger partial charge in [-0.3, -0.25) is 0 Å². The van der Waals surface area contributed by atoms with E-state index in [0.29, 0.717) is 17.5 Å². The summed E-state index contributed by atoms with van der Waals surface area (Å²) in [7, 11) is 0. The average Bonchev–Trinajstić information content (AvgIpc) is 3.73. The lowest BCUT2D eigenvalue weighted by atomic mass is 10.0. The molecule has 4 nitrogen and oxygen atoms in total. The van der Waals surface area contributed by atoms with Gasteiger partial charge in [0.1, 0.15) is 0 Å². The van der Waals surface area contributed by atoms with E-state index in [1.54, 1.807) is 11.3 Å². The van der Waals surface area contributed by atoms with Crippen LogP contribution in [0.3, 0.4) is 0 Å². The second-order valence-corrected chi connectivity index (χ2v) is 13.6. The molecule has 10 aromatic rings. The third kappa shape index (κ3) is 4.79. The minimum absolute atomic E-state index is 0.645. The Morgan fingerprint density at radius 1 is 0.340 bits per heavy atom. The van der Waals surface area contributed by atoms with Gasteiger partial charge in [0.25, 0.3) is 0 Å². The first kappa shape index (κ1) is 28.6. The van der Waals surface area contributed by atoms with Gasteiger partial charge >= 0.3 is 0 Å². The number of thiophene rings is 1. The van der Waals surface area contributed by atoms with Gasteiger partial charge in [0, 0.05) is 53.3 Å². The summed E-state index contributed by atoms with van der Waals surface area (Å²) in [6.07, 6.45) is 0. The predicted octanol–water partition coefficient (Wildman–Crippen LogP) is 12.0. The van der Waals surface area contributed by atoms with E-state index in [-0.39, 0.29) is 0 Å². The zero-order valence-corrected chi connectivity index (χ0v) is 27.7. The molecule has 50 heavy (non-hydrogen) atoms. The number of rotatable bonds is 5. The minimum atomic E-state index is 0.645. The number of nitrogens with zero attached hydrogens (tertiary/aromatic N) is 4. The van der Waals surface area contributed by atoms with Crippen molar-refractivity contribution in [3.05, 3.63) is 170 Å². The monoisotopic (exact) mass is 656 g/mol. The van der Waals surface area contributed by atoms with Crippen molar-refractivity contribution < 1.29 is 0 Å². The molecule has 10 rings (SSSR count). The van der Waals surface area contributed by atoms with Crippen LogP contribution in [0.15, 0.2) is 170 Å². The first-order valence-corrected chi connectivity index (χ1v) is 17.5. The smallest absolute Gasteiger partial charge is 0.164 e. The highest BCUT2D eigenvalue weighted by Crippen LogP contribution is 2.38. The average molecular weight is 657 g/mol. The van der Waals surface area contributed by atoms with Gasteiger partial charge in [0.05, 0.1) is 11.0 Å². The van der Waals surface area contributed by atoms with E-state index in [4.69, 9.17) is 15.0 Å². The lowest BCUT2D eigenvalue weighted by Crippen LogP contribution is -2.00. The summed E-state index contributed by atoms with van der Waals surface area (Å²) in [5.41, 5.74) is 8.63. The normalized spacial score (nSPS) is 11.6. The van der Waals surface area contributed by atoms with Crippen LogP contribution >= 0.6 is 11.3 Å². The highest BCUT2D eigenvalue weighted by molar-refractivity contribution is 7.25. The van der Waals surface area contributed by atoms with Crippen molar-refractivity contribution in [1.29, 1.82) is 0 Å². The van der Waals surface area contributed by atoms with Crippen LogP contribution in [-0.2, 0) is 0 Å². The number of para-hydroxylation sites is 2. The Morgan fingerprint density at radius 3 is 1.64 bits per heavy atom. The minimum Gasteiger partial charge on any atom is -0.309 e. The molecule has 0 amide bonds. The van der Waals surface area contributed by atoms with Gasteiger partial charge in [-0.25, -0.2) is 15.0 Å². The fourth-order valence-corrected chi connectivity index (χ4v) is 8.18. The molecule has 0 aliphatic heterocycles. The van der Waals surface area contributed by atoms with Crippen LogP contribution in [0, 0.1) is 0 Å². The lowest BCUT2D eigenvalue weighted by molar-refractivity contribution is 1.07. The highest BCUT2D eigenvalue weighted by Gasteiger charge is 2.17. The Kier molecular flexibility index (Phi) is 6.64. The number of hydrogen-bond donors (Lipinski definition) is 0. The van der Waals surface area contributed by atoms with Crippen molar-refractivity contribution in [3.8, 4) is 51.0 Å². The molecule has 0 N–H and O–H groups in total. The van der Waals surface area contributed by atoms with Crippen LogP contribution in [0.5, 0.6) is 0 Å². The van der Waals surface area contributed by atoms with Crippen LogP contribution in [0.4, 0.5) is 0 Å². The van der Waals surface area contributed by atoms with Gasteiger partial charge in [0.2, 0.25) is 0 Å². The van der Waals surface area contributed by atoms with Crippen LogP contribution in [0.25, 0.3) is 93.0 Å². The molecule has 0 unspecified atom stereocenters. The third-order valence-corrected chi connectivity index (χ3v) is 10.6. The van der Waals surface area contributed by atoms with E-state index in [1.807, 2.05) is 6.07 Å². The molecule has 0 aliphatic carbocycles. The third-order valence-electron chi connectivity index (χ3n) is 9.47. The molecule has 234 valence electrons. The topological polar surface area (TPSA) is 43.6 Å². The van der Waals surface area contributed by atoms with Crippen molar-refractivity contribution in [2.45, 2.75) is 0 Å². The Hall–Kier alpha value is -6.43. The maximum absolute atomic E-state index is 5.15. The fourth-order valence-electron chi connectivity index (χ4n) is 7.04. The van der Waals surface area contributed by atoms with Gasteiger partial charge in [-0.1, -0.05) is 121 Å². The Morgan fingerprint density at radius 2 is 0.860 bits per heavy atom. The van der Waals surface area contributed by atoms with Crippen molar-refractivity contribution in [3.63, 3.8) is 0 Å². The summed E-state index contributed by atoms with van der Waals surface area (Å²) >= 11 is 1.80. The van der Waals surface area contributed by atoms with E-state index < -0.39 is 0 Å². The molecule has 0 saturated carbocycles. The SMILES string of the molecule is c1ccc(-c2ccc(-c3nc(-c4ccc5c(c4)sc4ccccc45)nc(-c4ccc5c(c4)c4ccccc4n5-c4ccccc4)n3)cc2)cc1. The maximum atomic E-state index is 5.15. The van der Waals surface area contributed by atoms with Gasteiger partial charge in [-0.15, -0.1) is 11.3 Å². The van der Waals surface area contributed by atoms with Crippen LogP contribution in [0.1, 0.15) is 0 Å². The molecular weight excluding hydrogens is 629 g/mol. The molecule has 3 heterocycles. The van der Waals surface area contributed by atoms with Gasteiger partial charge in [-0.2, -0.15) is 0 Å². The lowest BCUT2D eigenvalue weighted by Gasteiger charge is -2.10. The number of fused-ring (bicyclic) bond motifs is 6. The van der Waals surface area contributed by atoms with Crippen molar-refractivity contribution >= 4 is 53.3 Å². The van der Waals surface area contributed by atoms with E-state index in [9.17, 15) is 0 Å².